The molecular weight excluding hydrogens is 328 g/mol. The molecule has 1 aliphatic heterocycles. The van der Waals surface area contributed by atoms with Gasteiger partial charge in [-0.25, -0.2) is 4.98 Å². The third-order valence-electron chi connectivity index (χ3n) is 5.73. The summed E-state index contributed by atoms with van der Waals surface area (Å²) in [5.74, 6) is 2.71. The lowest BCUT2D eigenvalue weighted by Crippen LogP contribution is -2.36. The van der Waals surface area contributed by atoms with Gasteiger partial charge in [0.1, 0.15) is 6.61 Å². The Labute approximate surface area is 155 Å². The minimum Gasteiger partial charge on any atom is -0.469 e. The average Bonchev–Trinajstić information content (AvgIpc) is 3.29. The first kappa shape index (κ1) is 17.0. The molecule has 3 nitrogen and oxygen atoms in total. The molecule has 0 N–H and O–H groups in total. The molecule has 4 rings (SSSR count). The standard InChI is InChI=1S/C21H28N2OS/c1-16-15-22-21(25-16)24-12-11-23-9-7-17(8-10-23)13-19-14-20(19)18-5-3-2-4-6-18/h2-6,15,17,19-20H,7-14H2,1H3/t19-,20+/m1/s1. The van der Waals surface area contributed by atoms with Crippen molar-refractivity contribution in [3.8, 4) is 5.19 Å². The first-order chi connectivity index (χ1) is 12.3. The van der Waals surface area contributed by atoms with Crippen molar-refractivity contribution < 1.29 is 4.74 Å². The fourth-order valence-electron chi connectivity index (χ4n) is 4.15. The quantitative estimate of drug-likeness (QED) is 0.717. The van der Waals surface area contributed by atoms with Crippen molar-refractivity contribution in [3.05, 3.63) is 47.0 Å². The van der Waals surface area contributed by atoms with E-state index in [1.807, 2.05) is 6.20 Å². The molecule has 0 amide bonds. The van der Waals surface area contributed by atoms with E-state index in [4.69, 9.17) is 4.74 Å². The minimum atomic E-state index is 0.760. The van der Waals surface area contributed by atoms with Crippen LogP contribution in [-0.2, 0) is 0 Å². The van der Waals surface area contributed by atoms with Gasteiger partial charge in [0.15, 0.2) is 0 Å². The Morgan fingerprint density at radius 2 is 2.00 bits per heavy atom. The molecule has 0 unspecified atom stereocenters. The number of benzene rings is 1. The number of hydrogen-bond acceptors (Lipinski definition) is 4. The van der Waals surface area contributed by atoms with Crippen molar-refractivity contribution in [2.24, 2.45) is 11.8 Å². The molecule has 0 spiro atoms. The molecular formula is C21H28N2OS. The normalized spacial score (nSPS) is 24.4. The van der Waals surface area contributed by atoms with Crippen molar-refractivity contribution in [2.45, 2.75) is 38.5 Å². The van der Waals surface area contributed by atoms with Gasteiger partial charge in [-0.2, -0.15) is 0 Å². The van der Waals surface area contributed by atoms with Gasteiger partial charge in [0.2, 0.25) is 0 Å². The summed E-state index contributed by atoms with van der Waals surface area (Å²) in [4.78, 5) is 8.03. The number of hydrogen-bond donors (Lipinski definition) is 0. The fourth-order valence-corrected chi connectivity index (χ4v) is 4.78. The lowest BCUT2D eigenvalue weighted by atomic mass is 9.90. The average molecular weight is 357 g/mol. The maximum Gasteiger partial charge on any atom is 0.273 e. The van der Waals surface area contributed by atoms with Crippen LogP contribution in [0.1, 0.15) is 42.0 Å². The number of likely N-dealkylation sites (tertiary alicyclic amines) is 1. The van der Waals surface area contributed by atoms with Crippen molar-refractivity contribution >= 4 is 11.3 Å². The van der Waals surface area contributed by atoms with Crippen molar-refractivity contribution in [2.75, 3.05) is 26.2 Å². The molecule has 2 aromatic rings. The van der Waals surface area contributed by atoms with Crippen LogP contribution < -0.4 is 4.74 Å². The Bertz CT molecular complexity index is 664. The van der Waals surface area contributed by atoms with Gasteiger partial charge in [0.05, 0.1) is 0 Å². The Balaban J connectivity index is 1.13. The molecule has 1 saturated heterocycles. The van der Waals surface area contributed by atoms with Crippen molar-refractivity contribution in [3.63, 3.8) is 0 Å². The highest BCUT2D eigenvalue weighted by molar-refractivity contribution is 7.13. The third-order valence-corrected chi connectivity index (χ3v) is 6.55. The number of nitrogens with zero attached hydrogens (tertiary/aromatic N) is 2. The summed E-state index contributed by atoms with van der Waals surface area (Å²) in [6.45, 7) is 6.32. The highest BCUT2D eigenvalue weighted by Crippen LogP contribution is 2.51. The van der Waals surface area contributed by atoms with E-state index in [0.717, 1.165) is 36.1 Å². The van der Waals surface area contributed by atoms with Gasteiger partial charge in [-0.05, 0) is 69.0 Å². The molecule has 2 aliphatic rings. The Kier molecular flexibility index (Phi) is 5.37. The Morgan fingerprint density at radius 1 is 1.20 bits per heavy atom. The van der Waals surface area contributed by atoms with Crippen LogP contribution in [0.15, 0.2) is 36.5 Å². The number of ether oxygens (including phenoxy) is 1. The number of aryl methyl sites for hydroxylation is 1. The van der Waals surface area contributed by atoms with Gasteiger partial charge in [-0.3, -0.25) is 4.90 Å². The number of aromatic nitrogens is 1. The molecule has 2 fully saturated rings. The second-order valence-corrected chi connectivity index (χ2v) is 8.82. The van der Waals surface area contributed by atoms with E-state index in [1.165, 1.54) is 43.6 Å². The van der Waals surface area contributed by atoms with Crippen LogP contribution in [0.3, 0.4) is 0 Å². The van der Waals surface area contributed by atoms with Crippen LogP contribution in [0, 0.1) is 18.8 Å². The second kappa shape index (κ2) is 7.88. The smallest absolute Gasteiger partial charge is 0.273 e. The Hall–Kier alpha value is -1.39. The summed E-state index contributed by atoms with van der Waals surface area (Å²) in [6, 6.07) is 11.1. The van der Waals surface area contributed by atoms with Crippen LogP contribution in [0.25, 0.3) is 0 Å². The maximum absolute atomic E-state index is 5.76. The lowest BCUT2D eigenvalue weighted by Gasteiger charge is -2.31. The van der Waals surface area contributed by atoms with Crippen LogP contribution in [0.2, 0.25) is 0 Å². The maximum atomic E-state index is 5.76. The Morgan fingerprint density at radius 3 is 2.72 bits per heavy atom. The number of rotatable bonds is 7. The monoisotopic (exact) mass is 356 g/mol. The number of thiazole rings is 1. The SMILES string of the molecule is Cc1cnc(OCCN2CCC(C[C@@H]3C[C@H]3c3ccccc3)CC2)s1. The van der Waals surface area contributed by atoms with E-state index in [9.17, 15) is 0 Å². The minimum absolute atomic E-state index is 0.760. The third kappa shape index (κ3) is 4.62. The predicted molar refractivity (Wildman–Crippen MR) is 103 cm³/mol. The summed E-state index contributed by atoms with van der Waals surface area (Å²) >= 11 is 1.63. The zero-order chi connectivity index (χ0) is 17.1. The van der Waals surface area contributed by atoms with E-state index >= 15 is 0 Å². The predicted octanol–water partition coefficient (Wildman–Crippen LogP) is 4.74. The van der Waals surface area contributed by atoms with Gasteiger partial charge in [0, 0.05) is 17.6 Å². The van der Waals surface area contributed by atoms with Crippen LogP contribution in [0.5, 0.6) is 5.19 Å². The zero-order valence-corrected chi connectivity index (χ0v) is 15.9. The molecule has 134 valence electrons. The molecule has 0 bridgehead atoms. The van der Waals surface area contributed by atoms with Gasteiger partial charge in [-0.15, -0.1) is 0 Å². The molecule has 25 heavy (non-hydrogen) atoms. The summed E-state index contributed by atoms with van der Waals surface area (Å²) < 4.78 is 5.76. The van der Waals surface area contributed by atoms with Gasteiger partial charge in [-0.1, -0.05) is 41.7 Å². The van der Waals surface area contributed by atoms with Crippen LogP contribution in [0.4, 0.5) is 0 Å². The first-order valence-corrected chi connectivity index (χ1v) is 10.4. The molecule has 1 saturated carbocycles. The molecule has 4 heteroatoms. The zero-order valence-electron chi connectivity index (χ0n) is 15.1. The summed E-state index contributed by atoms with van der Waals surface area (Å²) in [6.07, 6.45) is 7.43. The lowest BCUT2D eigenvalue weighted by molar-refractivity contribution is 0.149. The summed E-state index contributed by atoms with van der Waals surface area (Å²) in [7, 11) is 0. The first-order valence-electron chi connectivity index (χ1n) is 9.60. The van der Waals surface area contributed by atoms with Gasteiger partial charge in [0.25, 0.3) is 5.19 Å². The van der Waals surface area contributed by atoms with E-state index in [2.05, 4.69) is 47.1 Å². The van der Waals surface area contributed by atoms with E-state index in [1.54, 1.807) is 16.9 Å². The summed E-state index contributed by atoms with van der Waals surface area (Å²) in [5.41, 5.74) is 1.56. The van der Waals surface area contributed by atoms with Gasteiger partial charge < -0.3 is 4.74 Å². The molecule has 1 aromatic carbocycles. The van der Waals surface area contributed by atoms with E-state index in [0.29, 0.717) is 0 Å². The largest absolute Gasteiger partial charge is 0.469 e. The molecule has 2 heterocycles. The van der Waals surface area contributed by atoms with Crippen LogP contribution in [-0.4, -0.2) is 36.1 Å². The summed E-state index contributed by atoms with van der Waals surface area (Å²) in [5, 5.41) is 0.813. The van der Waals surface area contributed by atoms with E-state index < -0.39 is 0 Å². The highest BCUT2D eigenvalue weighted by Gasteiger charge is 2.39. The highest BCUT2D eigenvalue weighted by atomic mass is 32.1. The second-order valence-electron chi connectivity index (χ2n) is 7.62. The van der Waals surface area contributed by atoms with Gasteiger partial charge >= 0.3 is 0 Å². The molecule has 0 radical (unpaired) electrons. The topological polar surface area (TPSA) is 25.4 Å². The number of piperidine rings is 1. The van der Waals surface area contributed by atoms with Crippen molar-refractivity contribution in [1.82, 2.24) is 9.88 Å². The van der Waals surface area contributed by atoms with Crippen molar-refractivity contribution in [1.29, 1.82) is 0 Å². The van der Waals surface area contributed by atoms with E-state index in [-0.39, 0.29) is 0 Å². The fraction of sp³-hybridized carbons (Fsp3) is 0.571. The molecule has 1 aromatic heterocycles. The molecule has 1 aliphatic carbocycles. The molecule has 2 atom stereocenters. The van der Waals surface area contributed by atoms with Crippen LogP contribution >= 0.6 is 11.3 Å².